The van der Waals surface area contributed by atoms with Crippen LogP contribution >= 0.6 is 0 Å². The van der Waals surface area contributed by atoms with Crippen LogP contribution in [0, 0.1) is 0 Å². The Kier molecular flexibility index (Phi) is 69.0. The Hall–Kier alpha value is -2.12. The van der Waals surface area contributed by atoms with E-state index in [0.717, 1.165) is 64.2 Å². The van der Waals surface area contributed by atoms with Gasteiger partial charge in [-0.2, -0.15) is 0 Å². The Balaban J connectivity index is 1.86. The molecule has 1 heterocycles. The lowest BCUT2D eigenvalue weighted by atomic mass is 9.99. The largest absolute Gasteiger partial charge is 0.466 e. The number of carbonyl (C=O) groups is 2. The van der Waals surface area contributed by atoms with E-state index >= 15 is 0 Å². The summed E-state index contributed by atoms with van der Waals surface area (Å²) in [5, 5.41) is 54.5. The molecule has 7 unspecified atom stereocenters. The van der Waals surface area contributed by atoms with Gasteiger partial charge in [0.05, 0.1) is 32.0 Å². The summed E-state index contributed by atoms with van der Waals surface area (Å²) < 4.78 is 16.8. The number of rotatable bonds is 74. The van der Waals surface area contributed by atoms with Gasteiger partial charge < -0.3 is 45.1 Å². The van der Waals surface area contributed by atoms with E-state index in [4.69, 9.17) is 14.2 Å². The average Bonchev–Trinajstić information content (AvgIpc) is 0.856. The summed E-state index contributed by atoms with van der Waals surface area (Å²) in [5.41, 5.74) is 0. The second kappa shape index (κ2) is 72.1. The van der Waals surface area contributed by atoms with Crippen LogP contribution in [0.2, 0.25) is 0 Å². The van der Waals surface area contributed by atoms with E-state index < -0.39 is 49.5 Å². The molecule has 0 radical (unpaired) electrons. The molecule has 1 aliphatic heterocycles. The highest BCUT2D eigenvalue weighted by atomic mass is 16.7. The number of amides is 1. The molecule has 1 rings (SSSR count). The van der Waals surface area contributed by atoms with Crippen molar-refractivity contribution in [3.8, 4) is 0 Å². The molecule has 6 N–H and O–H groups in total. The Bertz CT molecular complexity index is 1660. The summed E-state index contributed by atoms with van der Waals surface area (Å²) >= 11 is 0. The molecule has 0 spiro atoms. The van der Waals surface area contributed by atoms with Gasteiger partial charge in [0, 0.05) is 12.8 Å². The minimum atomic E-state index is -1.57. The number of esters is 1. The number of hydrogen-bond acceptors (Lipinski definition) is 10. The maximum absolute atomic E-state index is 13.1. The number of unbranched alkanes of at least 4 members (excludes halogenated alkanes) is 56. The van der Waals surface area contributed by atoms with Crippen molar-refractivity contribution in [1.29, 1.82) is 0 Å². The normalized spacial score (nSPS) is 17.5. The molecular formula is C83H157NO10. The van der Waals surface area contributed by atoms with Crippen LogP contribution in [-0.2, 0) is 23.8 Å². The maximum atomic E-state index is 13.1. The van der Waals surface area contributed by atoms with E-state index in [9.17, 15) is 35.1 Å². The molecular weight excluding hydrogens is 1170 g/mol. The lowest BCUT2D eigenvalue weighted by Gasteiger charge is -2.40. The number of aliphatic hydroxyl groups is 5. The molecule has 7 atom stereocenters. The van der Waals surface area contributed by atoms with Crippen LogP contribution < -0.4 is 5.32 Å². The van der Waals surface area contributed by atoms with Gasteiger partial charge in [0.15, 0.2) is 6.29 Å². The monoisotopic (exact) mass is 1330 g/mol. The predicted molar refractivity (Wildman–Crippen MR) is 398 cm³/mol. The van der Waals surface area contributed by atoms with Crippen LogP contribution in [0.5, 0.6) is 0 Å². The standard InChI is InChI=1S/C83H157NO10/c1-3-5-7-9-11-13-15-17-43-47-51-55-59-63-67-71-79(88)92-72-68-64-60-56-52-48-45-42-40-38-36-34-32-30-28-26-24-22-20-18-19-21-23-25-27-29-31-33-35-37-39-41-44-46-50-54-58-62-66-70-78(87)84-75(74-93-83-82(91)81(90)80(89)77(73-85)94-83)76(86)69-65-61-57-53-49-16-14-12-10-8-6-4-2/h11,13,17,43,65,69,75-77,80-83,85-86,89-91H,3-10,12,14-16,18-42,44-64,66-68,70-74H2,1-2H3,(H,84,87)/b13-11-,43-17-,69-65+. The first-order valence-electron chi connectivity index (χ1n) is 41.3. The van der Waals surface area contributed by atoms with Gasteiger partial charge in [0.25, 0.3) is 0 Å². The number of hydrogen-bond donors (Lipinski definition) is 6. The van der Waals surface area contributed by atoms with Crippen molar-refractivity contribution in [3.05, 3.63) is 36.5 Å². The Labute approximate surface area is 581 Å². The summed E-state index contributed by atoms with van der Waals surface area (Å²) in [6, 6.07) is -0.805. The summed E-state index contributed by atoms with van der Waals surface area (Å²) in [6.45, 7) is 4.36. The third-order valence-electron chi connectivity index (χ3n) is 19.7. The van der Waals surface area contributed by atoms with Crippen LogP contribution in [-0.4, -0.2) is 100 Å². The molecule has 0 aromatic rings. The molecule has 94 heavy (non-hydrogen) atoms. The van der Waals surface area contributed by atoms with E-state index in [1.807, 2.05) is 6.08 Å². The third-order valence-corrected chi connectivity index (χ3v) is 19.7. The Morgan fingerprint density at radius 1 is 0.394 bits per heavy atom. The molecule has 1 amide bonds. The molecule has 554 valence electrons. The molecule has 1 aliphatic rings. The summed E-state index contributed by atoms with van der Waals surface area (Å²) in [5.74, 6) is -0.169. The maximum Gasteiger partial charge on any atom is 0.305 e. The second-order valence-corrected chi connectivity index (χ2v) is 28.8. The van der Waals surface area contributed by atoms with E-state index in [1.165, 1.54) is 327 Å². The van der Waals surface area contributed by atoms with Crippen LogP contribution in [0.3, 0.4) is 0 Å². The fourth-order valence-electron chi connectivity index (χ4n) is 13.3. The zero-order valence-electron chi connectivity index (χ0n) is 62.0. The molecule has 11 nitrogen and oxygen atoms in total. The second-order valence-electron chi connectivity index (χ2n) is 28.8. The summed E-state index contributed by atoms with van der Waals surface area (Å²) in [6.07, 6.45) is 84.8. The molecule has 1 saturated heterocycles. The van der Waals surface area contributed by atoms with Gasteiger partial charge in [-0.3, -0.25) is 9.59 Å². The molecule has 0 aromatic carbocycles. The van der Waals surface area contributed by atoms with E-state index in [-0.39, 0.29) is 18.5 Å². The van der Waals surface area contributed by atoms with Gasteiger partial charge >= 0.3 is 5.97 Å². The van der Waals surface area contributed by atoms with E-state index in [0.29, 0.717) is 19.4 Å². The average molecular weight is 1330 g/mol. The molecule has 0 aromatic heterocycles. The Morgan fingerprint density at radius 3 is 1.10 bits per heavy atom. The highest BCUT2D eigenvalue weighted by Gasteiger charge is 2.44. The lowest BCUT2D eigenvalue weighted by molar-refractivity contribution is -0.302. The minimum absolute atomic E-state index is 0.00485. The van der Waals surface area contributed by atoms with Gasteiger partial charge in [-0.25, -0.2) is 0 Å². The minimum Gasteiger partial charge on any atom is -0.466 e. The van der Waals surface area contributed by atoms with Crippen molar-refractivity contribution >= 4 is 11.9 Å². The van der Waals surface area contributed by atoms with Gasteiger partial charge in [0.1, 0.15) is 24.4 Å². The zero-order valence-corrected chi connectivity index (χ0v) is 62.0. The summed E-state index contributed by atoms with van der Waals surface area (Å²) in [7, 11) is 0. The van der Waals surface area contributed by atoms with E-state index in [2.05, 4.69) is 43.5 Å². The SMILES string of the molecule is CCCCC/C=C\C/C=C\CCCCCCCC(=O)OCCCCCCCCCCCCCCCCCCCCCCCCCCCCCCCCCCCCCCCCCC(=O)NC(COC1OC(CO)C(O)C(O)C1O)C(O)/C=C/CCCCCCCCCCCC. The zero-order chi connectivity index (χ0) is 67.9. The van der Waals surface area contributed by atoms with Gasteiger partial charge in [0.2, 0.25) is 5.91 Å². The first kappa shape index (κ1) is 89.9. The molecule has 0 aliphatic carbocycles. The molecule has 1 fully saturated rings. The Morgan fingerprint density at radius 2 is 0.713 bits per heavy atom. The lowest BCUT2D eigenvalue weighted by Crippen LogP contribution is -2.60. The highest BCUT2D eigenvalue weighted by molar-refractivity contribution is 5.76. The first-order valence-corrected chi connectivity index (χ1v) is 41.3. The molecule has 11 heteroatoms. The quantitative estimate of drug-likeness (QED) is 0.0195. The van der Waals surface area contributed by atoms with Crippen molar-refractivity contribution in [2.24, 2.45) is 0 Å². The number of carbonyl (C=O) groups excluding carboxylic acids is 2. The predicted octanol–water partition coefficient (Wildman–Crippen LogP) is 22.5. The van der Waals surface area contributed by atoms with Crippen LogP contribution in [0.1, 0.15) is 418 Å². The fourth-order valence-corrected chi connectivity index (χ4v) is 13.3. The van der Waals surface area contributed by atoms with Gasteiger partial charge in [-0.1, -0.05) is 378 Å². The third kappa shape index (κ3) is 59.9. The topological polar surface area (TPSA) is 175 Å². The van der Waals surface area contributed by atoms with Crippen LogP contribution in [0.4, 0.5) is 0 Å². The number of allylic oxidation sites excluding steroid dienone is 5. The van der Waals surface area contributed by atoms with E-state index in [1.54, 1.807) is 6.08 Å². The fraction of sp³-hybridized carbons (Fsp3) is 0.904. The van der Waals surface area contributed by atoms with Crippen molar-refractivity contribution in [1.82, 2.24) is 5.32 Å². The number of ether oxygens (including phenoxy) is 3. The van der Waals surface area contributed by atoms with Crippen molar-refractivity contribution in [3.63, 3.8) is 0 Å². The molecule has 0 bridgehead atoms. The number of nitrogens with one attached hydrogen (secondary N) is 1. The highest BCUT2D eigenvalue weighted by Crippen LogP contribution is 2.24. The number of aliphatic hydroxyl groups excluding tert-OH is 5. The summed E-state index contributed by atoms with van der Waals surface area (Å²) in [4.78, 5) is 25.2. The van der Waals surface area contributed by atoms with Crippen LogP contribution in [0.15, 0.2) is 36.5 Å². The van der Waals surface area contributed by atoms with Crippen molar-refractivity contribution in [2.45, 2.75) is 461 Å². The van der Waals surface area contributed by atoms with Crippen molar-refractivity contribution < 1.29 is 49.3 Å². The van der Waals surface area contributed by atoms with Gasteiger partial charge in [-0.05, 0) is 64.2 Å². The first-order chi connectivity index (χ1) is 46.2. The smallest absolute Gasteiger partial charge is 0.305 e. The molecule has 0 saturated carbocycles. The van der Waals surface area contributed by atoms with Gasteiger partial charge in [-0.15, -0.1) is 0 Å². The van der Waals surface area contributed by atoms with Crippen molar-refractivity contribution in [2.75, 3.05) is 19.8 Å². The van der Waals surface area contributed by atoms with Crippen LogP contribution in [0.25, 0.3) is 0 Å².